The van der Waals surface area contributed by atoms with E-state index >= 15 is 0 Å². The number of carbonyl (C=O) groups is 1. The summed E-state index contributed by atoms with van der Waals surface area (Å²) in [5, 5.41) is 2.88. The average Bonchev–Trinajstić information content (AvgIpc) is 2.62. The number of nitrogens with zero attached hydrogens (tertiary/aromatic N) is 1. The highest BCUT2D eigenvalue weighted by Gasteiger charge is 2.18. The molecule has 158 valence electrons. The first-order valence-corrected chi connectivity index (χ1v) is 11.7. The molecule has 1 amide bonds. The molecule has 7 heteroatoms. The molecule has 0 atom stereocenters. The van der Waals surface area contributed by atoms with E-state index in [1.807, 2.05) is 12.1 Å². The zero-order valence-electron chi connectivity index (χ0n) is 17.6. The molecule has 1 aliphatic heterocycles. The second kappa shape index (κ2) is 9.85. The summed E-state index contributed by atoms with van der Waals surface area (Å²) in [4.78, 5) is 14.5. The lowest BCUT2D eigenvalue weighted by Gasteiger charge is -2.30. The third-order valence-electron chi connectivity index (χ3n) is 5.30. The monoisotopic (exact) mass is 409 g/mol. The fourth-order valence-corrected chi connectivity index (χ4v) is 4.28. The van der Waals surface area contributed by atoms with Crippen molar-refractivity contribution in [3.63, 3.8) is 0 Å². The Morgan fingerprint density at radius 3 is 2.29 bits per heavy atom. The molecule has 0 spiro atoms. The molecule has 0 bridgehead atoms. The molecule has 1 heterocycles. The van der Waals surface area contributed by atoms with Gasteiger partial charge in [-0.2, -0.15) is 0 Å². The van der Waals surface area contributed by atoms with Crippen LogP contribution in [-0.2, 0) is 20.2 Å². The van der Waals surface area contributed by atoms with Gasteiger partial charge in [-0.15, -0.1) is 0 Å². The Morgan fingerprint density at radius 2 is 1.71 bits per heavy atom. The first-order chi connectivity index (χ1) is 13.1. The van der Waals surface area contributed by atoms with Gasteiger partial charge in [0.15, 0.2) is 0 Å². The van der Waals surface area contributed by atoms with Gasteiger partial charge in [-0.25, -0.2) is 13.1 Å². The van der Waals surface area contributed by atoms with Crippen molar-refractivity contribution in [2.75, 3.05) is 32.7 Å². The van der Waals surface area contributed by atoms with Crippen molar-refractivity contribution in [3.05, 3.63) is 29.8 Å². The molecular formula is C21H35N3O3S. The van der Waals surface area contributed by atoms with E-state index in [9.17, 15) is 13.2 Å². The van der Waals surface area contributed by atoms with Gasteiger partial charge in [0.05, 0.1) is 4.90 Å². The van der Waals surface area contributed by atoms with Crippen LogP contribution in [0, 0.1) is 5.92 Å². The molecule has 1 fully saturated rings. The maximum absolute atomic E-state index is 12.4. The third kappa shape index (κ3) is 7.18. The molecule has 0 radical (unpaired) electrons. The minimum absolute atomic E-state index is 0.0275. The van der Waals surface area contributed by atoms with Crippen molar-refractivity contribution in [1.29, 1.82) is 0 Å². The number of nitrogens with one attached hydrogen (secondary N) is 2. The van der Waals surface area contributed by atoms with Crippen LogP contribution >= 0.6 is 0 Å². The summed E-state index contributed by atoms with van der Waals surface area (Å²) in [5.41, 5.74) is 1.05. The SMILES string of the molecule is CC1CCN(CCNC(=O)CCNS(=O)(=O)c2ccc(C(C)(C)C)cc2)CC1. The normalized spacial score (nSPS) is 16.9. The van der Waals surface area contributed by atoms with Crippen LogP contribution in [0.15, 0.2) is 29.2 Å². The minimum Gasteiger partial charge on any atom is -0.355 e. The molecule has 2 N–H and O–H groups in total. The first kappa shape index (κ1) is 22.8. The topological polar surface area (TPSA) is 78.5 Å². The minimum atomic E-state index is -3.60. The van der Waals surface area contributed by atoms with E-state index in [0.717, 1.165) is 31.1 Å². The predicted octanol–water partition coefficient (Wildman–Crippen LogP) is 2.50. The van der Waals surface area contributed by atoms with E-state index < -0.39 is 10.0 Å². The van der Waals surface area contributed by atoms with Crippen LogP contribution in [-0.4, -0.2) is 51.9 Å². The molecule has 0 aliphatic carbocycles. The van der Waals surface area contributed by atoms with Crippen molar-refractivity contribution < 1.29 is 13.2 Å². The van der Waals surface area contributed by atoms with Gasteiger partial charge in [0.25, 0.3) is 0 Å². The standard InChI is InChI=1S/C21H35N3O3S/c1-17-10-14-24(15-11-17)16-13-22-20(25)9-12-23-28(26,27)19-7-5-18(6-8-19)21(2,3)4/h5-8,17,23H,9-16H2,1-4H3,(H,22,25). The number of carbonyl (C=O) groups excluding carboxylic acids is 1. The van der Waals surface area contributed by atoms with Gasteiger partial charge in [0.1, 0.15) is 0 Å². The smallest absolute Gasteiger partial charge is 0.240 e. The Balaban J connectivity index is 1.70. The summed E-state index contributed by atoms with van der Waals surface area (Å²) in [6.07, 6.45) is 2.56. The van der Waals surface area contributed by atoms with Gasteiger partial charge in [-0.05, 0) is 55.0 Å². The molecule has 2 rings (SSSR count). The van der Waals surface area contributed by atoms with Gasteiger partial charge in [-0.1, -0.05) is 39.8 Å². The van der Waals surface area contributed by atoms with E-state index in [-0.39, 0.29) is 29.2 Å². The summed E-state index contributed by atoms with van der Waals surface area (Å²) in [6.45, 7) is 12.3. The summed E-state index contributed by atoms with van der Waals surface area (Å²) < 4.78 is 27.3. The molecule has 0 aromatic heterocycles. The summed E-state index contributed by atoms with van der Waals surface area (Å²) in [7, 11) is -3.60. The maximum Gasteiger partial charge on any atom is 0.240 e. The number of likely N-dealkylation sites (tertiary alicyclic amines) is 1. The van der Waals surface area contributed by atoms with E-state index in [1.165, 1.54) is 12.8 Å². The van der Waals surface area contributed by atoms with Crippen molar-refractivity contribution >= 4 is 15.9 Å². The second-order valence-corrected chi connectivity index (χ2v) is 10.6. The number of rotatable bonds is 8. The maximum atomic E-state index is 12.4. The van der Waals surface area contributed by atoms with E-state index in [2.05, 4.69) is 42.6 Å². The quantitative estimate of drug-likeness (QED) is 0.691. The highest BCUT2D eigenvalue weighted by molar-refractivity contribution is 7.89. The van der Waals surface area contributed by atoms with Crippen molar-refractivity contribution in [2.45, 2.75) is 57.3 Å². The van der Waals surface area contributed by atoms with Gasteiger partial charge >= 0.3 is 0 Å². The highest BCUT2D eigenvalue weighted by Crippen LogP contribution is 2.23. The fraction of sp³-hybridized carbons (Fsp3) is 0.667. The summed E-state index contributed by atoms with van der Waals surface area (Å²) in [6, 6.07) is 6.90. The van der Waals surface area contributed by atoms with E-state index in [1.54, 1.807) is 12.1 Å². The number of sulfonamides is 1. The zero-order chi connectivity index (χ0) is 20.8. The first-order valence-electron chi connectivity index (χ1n) is 10.2. The van der Waals surface area contributed by atoms with Crippen LogP contribution in [0.25, 0.3) is 0 Å². The summed E-state index contributed by atoms with van der Waals surface area (Å²) in [5.74, 6) is 0.666. The number of hydrogen-bond donors (Lipinski definition) is 2. The lowest BCUT2D eigenvalue weighted by Crippen LogP contribution is -2.39. The number of benzene rings is 1. The van der Waals surface area contributed by atoms with Crippen molar-refractivity contribution in [2.24, 2.45) is 5.92 Å². The number of piperidine rings is 1. The van der Waals surface area contributed by atoms with Gasteiger partial charge < -0.3 is 10.2 Å². The predicted molar refractivity (Wildman–Crippen MR) is 113 cm³/mol. The van der Waals surface area contributed by atoms with Crippen molar-refractivity contribution in [1.82, 2.24) is 14.9 Å². The molecule has 0 unspecified atom stereocenters. The van der Waals surface area contributed by atoms with Gasteiger partial charge in [0.2, 0.25) is 15.9 Å². The number of amides is 1. The Kier molecular flexibility index (Phi) is 8.04. The second-order valence-electron chi connectivity index (χ2n) is 8.80. The van der Waals surface area contributed by atoms with Gasteiger partial charge in [0, 0.05) is 26.1 Å². The molecule has 1 aliphatic rings. The van der Waals surface area contributed by atoms with Gasteiger partial charge in [-0.3, -0.25) is 4.79 Å². The molecule has 0 saturated carbocycles. The number of hydrogen-bond acceptors (Lipinski definition) is 4. The van der Waals surface area contributed by atoms with E-state index in [4.69, 9.17) is 0 Å². The van der Waals surface area contributed by atoms with Crippen LogP contribution < -0.4 is 10.0 Å². The van der Waals surface area contributed by atoms with Crippen LogP contribution in [0.4, 0.5) is 0 Å². The van der Waals surface area contributed by atoms with Crippen LogP contribution in [0.2, 0.25) is 0 Å². The molecule has 1 aromatic carbocycles. The molecule has 6 nitrogen and oxygen atoms in total. The Morgan fingerprint density at radius 1 is 1.11 bits per heavy atom. The molecular weight excluding hydrogens is 374 g/mol. The Bertz CT molecular complexity index is 731. The average molecular weight is 410 g/mol. The molecule has 1 aromatic rings. The lowest BCUT2D eigenvalue weighted by molar-refractivity contribution is -0.121. The van der Waals surface area contributed by atoms with Crippen LogP contribution in [0.3, 0.4) is 0 Å². The Labute approximate surface area is 170 Å². The summed E-state index contributed by atoms with van der Waals surface area (Å²) >= 11 is 0. The van der Waals surface area contributed by atoms with Crippen LogP contribution in [0.5, 0.6) is 0 Å². The lowest BCUT2D eigenvalue weighted by atomic mass is 9.87. The Hall–Kier alpha value is -1.44. The van der Waals surface area contributed by atoms with Crippen molar-refractivity contribution in [3.8, 4) is 0 Å². The zero-order valence-corrected chi connectivity index (χ0v) is 18.4. The van der Waals surface area contributed by atoms with Crippen LogP contribution in [0.1, 0.15) is 52.5 Å². The fourth-order valence-electron chi connectivity index (χ4n) is 3.24. The molecule has 1 saturated heterocycles. The highest BCUT2D eigenvalue weighted by atomic mass is 32.2. The van der Waals surface area contributed by atoms with E-state index in [0.29, 0.717) is 6.54 Å². The third-order valence-corrected chi connectivity index (χ3v) is 6.78. The largest absolute Gasteiger partial charge is 0.355 e. The molecule has 28 heavy (non-hydrogen) atoms.